The number of phenols is 1. The van der Waals surface area contributed by atoms with Gasteiger partial charge in [0.05, 0.1) is 6.10 Å². The smallest absolute Gasteiger partial charge is 0.173 e. The topological polar surface area (TPSA) is 44.7 Å². The lowest BCUT2D eigenvalue weighted by Crippen LogP contribution is -2.39. The van der Waals surface area contributed by atoms with E-state index in [1.54, 1.807) is 6.07 Å². The van der Waals surface area contributed by atoms with Gasteiger partial charge in [-0.3, -0.25) is 0 Å². The number of ether oxygens (including phenoxy) is 1. The molecule has 1 unspecified atom stereocenters. The molecule has 1 aliphatic rings. The number of thiocarbonyl (C=S) groups is 1. The number of para-hydroxylation sites is 1. The third-order valence-electron chi connectivity index (χ3n) is 4.36. The van der Waals surface area contributed by atoms with E-state index in [0.717, 1.165) is 30.7 Å². The predicted molar refractivity (Wildman–Crippen MR) is 105 cm³/mol. The molecule has 0 saturated carbocycles. The zero-order valence-corrected chi connectivity index (χ0v) is 15.3. The molecule has 5 heteroatoms. The maximum Gasteiger partial charge on any atom is 0.173 e. The van der Waals surface area contributed by atoms with Crippen molar-refractivity contribution in [1.82, 2.24) is 4.90 Å². The lowest BCUT2D eigenvalue weighted by Gasteiger charge is -2.28. The summed E-state index contributed by atoms with van der Waals surface area (Å²) in [4.78, 5) is 2.07. The van der Waals surface area contributed by atoms with E-state index in [-0.39, 0.29) is 11.9 Å². The number of nitrogens with one attached hydrogen (secondary N) is 1. The third-order valence-corrected chi connectivity index (χ3v) is 4.72. The normalized spacial score (nSPS) is 16.6. The number of benzene rings is 2. The molecule has 0 radical (unpaired) electrons. The van der Waals surface area contributed by atoms with Crippen molar-refractivity contribution in [2.45, 2.75) is 32.4 Å². The van der Waals surface area contributed by atoms with E-state index >= 15 is 0 Å². The van der Waals surface area contributed by atoms with Crippen LogP contribution >= 0.6 is 12.2 Å². The Kier molecular flexibility index (Phi) is 5.89. The lowest BCUT2D eigenvalue weighted by molar-refractivity contribution is 0.0904. The van der Waals surface area contributed by atoms with Crippen LogP contribution in [0.15, 0.2) is 48.5 Å². The number of hydrogen-bond donors (Lipinski definition) is 2. The number of aryl methyl sites for hydroxylation is 1. The summed E-state index contributed by atoms with van der Waals surface area (Å²) in [6.07, 6.45) is 2.32. The minimum absolute atomic E-state index is 0.183. The number of nitrogens with zero attached hydrogens (tertiary/aromatic N) is 1. The van der Waals surface area contributed by atoms with Crippen LogP contribution in [0, 0.1) is 6.92 Å². The van der Waals surface area contributed by atoms with Gasteiger partial charge in [0.2, 0.25) is 0 Å². The molecule has 2 aromatic carbocycles. The van der Waals surface area contributed by atoms with Crippen LogP contribution in [0.2, 0.25) is 0 Å². The first-order valence-corrected chi connectivity index (χ1v) is 9.04. The fourth-order valence-electron chi connectivity index (χ4n) is 3.03. The highest BCUT2D eigenvalue weighted by Gasteiger charge is 2.22. The first-order chi connectivity index (χ1) is 12.1. The van der Waals surface area contributed by atoms with Gasteiger partial charge in [0.15, 0.2) is 5.11 Å². The Morgan fingerprint density at radius 2 is 2.12 bits per heavy atom. The van der Waals surface area contributed by atoms with E-state index < -0.39 is 0 Å². The molecule has 2 N–H and O–H groups in total. The molecule has 0 aliphatic carbocycles. The molecule has 1 atom stereocenters. The molecule has 1 heterocycles. The Bertz CT molecular complexity index is 729. The van der Waals surface area contributed by atoms with Crippen LogP contribution in [0.1, 0.15) is 24.0 Å². The number of anilines is 1. The molecule has 132 valence electrons. The van der Waals surface area contributed by atoms with Gasteiger partial charge in [0.1, 0.15) is 5.75 Å². The summed E-state index contributed by atoms with van der Waals surface area (Å²) in [5.74, 6) is 0.290. The summed E-state index contributed by atoms with van der Waals surface area (Å²) < 4.78 is 5.78. The fourth-order valence-corrected chi connectivity index (χ4v) is 3.29. The van der Waals surface area contributed by atoms with Crippen molar-refractivity contribution in [3.8, 4) is 5.75 Å². The van der Waals surface area contributed by atoms with Gasteiger partial charge < -0.3 is 20.1 Å². The summed E-state index contributed by atoms with van der Waals surface area (Å²) in [7, 11) is 0. The maximum atomic E-state index is 10.1. The minimum Gasteiger partial charge on any atom is -0.508 e. The first-order valence-electron chi connectivity index (χ1n) is 8.63. The van der Waals surface area contributed by atoms with E-state index in [4.69, 9.17) is 17.0 Å². The van der Waals surface area contributed by atoms with Crippen molar-refractivity contribution in [2.24, 2.45) is 0 Å². The average molecular weight is 356 g/mol. The van der Waals surface area contributed by atoms with Crippen molar-refractivity contribution < 1.29 is 9.84 Å². The van der Waals surface area contributed by atoms with Gasteiger partial charge in [-0.25, -0.2) is 0 Å². The fraction of sp³-hybridized carbons (Fsp3) is 0.350. The molecule has 0 spiro atoms. The summed E-state index contributed by atoms with van der Waals surface area (Å²) in [6.45, 7) is 4.13. The molecule has 25 heavy (non-hydrogen) atoms. The van der Waals surface area contributed by atoms with Gasteiger partial charge in [-0.2, -0.15) is 0 Å². The summed E-state index contributed by atoms with van der Waals surface area (Å²) in [6, 6.07) is 15.5. The molecular weight excluding hydrogens is 332 g/mol. The third kappa shape index (κ3) is 4.94. The summed E-state index contributed by atoms with van der Waals surface area (Å²) in [5.41, 5.74) is 3.01. The van der Waals surface area contributed by atoms with E-state index in [0.29, 0.717) is 18.2 Å². The van der Waals surface area contributed by atoms with Gasteiger partial charge in [-0.05, 0) is 55.7 Å². The van der Waals surface area contributed by atoms with Crippen LogP contribution in [0.4, 0.5) is 5.69 Å². The summed E-state index contributed by atoms with van der Waals surface area (Å²) in [5, 5.41) is 14.1. The standard InChI is InChI=1S/C20H24N2O2S/c1-15-6-4-8-17(12-15)21-20(25)22(14-18-9-5-11-24-18)13-16-7-2-3-10-19(16)23/h2-4,6-8,10,12,18,23H,5,9,11,13-14H2,1H3,(H,21,25). The van der Waals surface area contributed by atoms with E-state index in [9.17, 15) is 5.11 Å². The molecule has 1 fully saturated rings. The molecule has 3 rings (SSSR count). The van der Waals surface area contributed by atoms with Gasteiger partial charge in [0, 0.05) is 30.9 Å². The predicted octanol–water partition coefficient (Wildman–Crippen LogP) is 4.08. The molecule has 4 nitrogen and oxygen atoms in total. The largest absolute Gasteiger partial charge is 0.508 e. The van der Waals surface area contributed by atoms with Crippen molar-refractivity contribution in [3.63, 3.8) is 0 Å². The number of rotatable bonds is 5. The Labute approximate surface area is 154 Å². The van der Waals surface area contributed by atoms with Crippen molar-refractivity contribution in [2.75, 3.05) is 18.5 Å². The first kappa shape index (κ1) is 17.7. The molecule has 1 saturated heterocycles. The quantitative estimate of drug-likeness (QED) is 0.791. The number of aromatic hydroxyl groups is 1. The second kappa shape index (κ2) is 8.32. The van der Waals surface area contributed by atoms with Gasteiger partial charge in [0.25, 0.3) is 0 Å². The van der Waals surface area contributed by atoms with Crippen molar-refractivity contribution in [1.29, 1.82) is 0 Å². The number of phenolic OH excluding ortho intramolecular Hbond substituents is 1. The van der Waals surface area contributed by atoms with Crippen LogP contribution in [0.25, 0.3) is 0 Å². The second-order valence-electron chi connectivity index (χ2n) is 6.44. The van der Waals surface area contributed by atoms with Gasteiger partial charge >= 0.3 is 0 Å². The SMILES string of the molecule is Cc1cccc(NC(=S)N(Cc2ccccc2O)CC2CCCO2)c1. The maximum absolute atomic E-state index is 10.1. The Balaban J connectivity index is 1.74. The van der Waals surface area contributed by atoms with E-state index in [1.807, 2.05) is 30.3 Å². The van der Waals surface area contributed by atoms with Gasteiger partial charge in [-0.15, -0.1) is 0 Å². The lowest BCUT2D eigenvalue weighted by atomic mass is 10.1. The highest BCUT2D eigenvalue weighted by molar-refractivity contribution is 7.80. The Morgan fingerprint density at radius 3 is 2.84 bits per heavy atom. The number of hydrogen-bond acceptors (Lipinski definition) is 3. The highest BCUT2D eigenvalue weighted by atomic mass is 32.1. The van der Waals surface area contributed by atoms with Crippen LogP contribution in [-0.4, -0.2) is 34.4 Å². The van der Waals surface area contributed by atoms with Crippen LogP contribution in [0.5, 0.6) is 5.75 Å². The highest BCUT2D eigenvalue weighted by Crippen LogP contribution is 2.21. The van der Waals surface area contributed by atoms with Crippen molar-refractivity contribution >= 4 is 23.0 Å². The monoisotopic (exact) mass is 356 g/mol. The van der Waals surface area contributed by atoms with Crippen LogP contribution < -0.4 is 5.32 Å². The molecular formula is C20H24N2O2S. The zero-order valence-electron chi connectivity index (χ0n) is 14.4. The Morgan fingerprint density at radius 1 is 1.28 bits per heavy atom. The van der Waals surface area contributed by atoms with Crippen LogP contribution in [0.3, 0.4) is 0 Å². The second-order valence-corrected chi connectivity index (χ2v) is 6.83. The molecule has 0 amide bonds. The molecule has 1 aliphatic heterocycles. The minimum atomic E-state index is 0.183. The van der Waals surface area contributed by atoms with E-state index in [2.05, 4.69) is 29.3 Å². The average Bonchev–Trinajstić information content (AvgIpc) is 3.09. The molecule has 2 aromatic rings. The van der Waals surface area contributed by atoms with Crippen molar-refractivity contribution in [3.05, 3.63) is 59.7 Å². The van der Waals surface area contributed by atoms with E-state index in [1.165, 1.54) is 5.56 Å². The zero-order chi connectivity index (χ0) is 17.6. The molecule has 0 bridgehead atoms. The molecule has 0 aromatic heterocycles. The van der Waals surface area contributed by atoms with Crippen LogP contribution in [-0.2, 0) is 11.3 Å². The van der Waals surface area contributed by atoms with Gasteiger partial charge in [-0.1, -0.05) is 30.3 Å². The Hall–Kier alpha value is -2.11. The summed E-state index contributed by atoms with van der Waals surface area (Å²) >= 11 is 5.66.